The molecule has 6 nitrogen and oxygen atoms in total. The van der Waals surface area contributed by atoms with Gasteiger partial charge in [0, 0.05) is 29.7 Å². The van der Waals surface area contributed by atoms with Gasteiger partial charge in [-0.05, 0) is 70.5 Å². The molecular formula is C20H29N5OS. The fourth-order valence-corrected chi connectivity index (χ4v) is 4.65. The van der Waals surface area contributed by atoms with Gasteiger partial charge in [0.1, 0.15) is 10.8 Å². The number of ether oxygens (including phenoxy) is 1. The SMILES string of the molecule is COc1cc(C#N)ccc1C(=N)SC(=N)N(C)C1CC(C)(C)NC(C)(C)C1. The number of benzene rings is 1. The molecule has 1 saturated heterocycles. The van der Waals surface area contributed by atoms with E-state index < -0.39 is 0 Å². The van der Waals surface area contributed by atoms with Crippen LogP contribution in [0.3, 0.4) is 0 Å². The average molecular weight is 388 g/mol. The van der Waals surface area contributed by atoms with Gasteiger partial charge < -0.3 is 15.0 Å². The smallest absolute Gasteiger partial charge is 0.162 e. The molecule has 0 spiro atoms. The predicted octanol–water partition coefficient (Wildman–Crippen LogP) is 3.80. The number of nitrogens with zero attached hydrogens (tertiary/aromatic N) is 2. The molecular weight excluding hydrogens is 358 g/mol. The van der Waals surface area contributed by atoms with E-state index in [0.29, 0.717) is 22.0 Å². The molecule has 7 heteroatoms. The van der Waals surface area contributed by atoms with Crippen LogP contribution in [0.5, 0.6) is 5.75 Å². The van der Waals surface area contributed by atoms with Crippen LogP contribution in [0.4, 0.5) is 0 Å². The second-order valence-electron chi connectivity index (χ2n) is 8.33. The minimum Gasteiger partial charge on any atom is -0.496 e. The molecule has 0 atom stereocenters. The summed E-state index contributed by atoms with van der Waals surface area (Å²) in [5.41, 5.74) is 1.07. The lowest BCUT2D eigenvalue weighted by Crippen LogP contribution is -2.62. The van der Waals surface area contributed by atoms with E-state index in [2.05, 4.69) is 39.1 Å². The van der Waals surface area contributed by atoms with Crippen LogP contribution >= 0.6 is 11.8 Å². The molecule has 3 N–H and O–H groups in total. The monoisotopic (exact) mass is 387 g/mol. The van der Waals surface area contributed by atoms with Crippen molar-refractivity contribution in [1.82, 2.24) is 10.2 Å². The highest BCUT2D eigenvalue weighted by Gasteiger charge is 2.39. The van der Waals surface area contributed by atoms with Crippen LogP contribution < -0.4 is 10.1 Å². The highest BCUT2D eigenvalue weighted by Crippen LogP contribution is 2.33. The van der Waals surface area contributed by atoms with Crippen molar-refractivity contribution in [3.63, 3.8) is 0 Å². The molecule has 2 rings (SSSR count). The number of nitriles is 1. The molecule has 1 fully saturated rings. The summed E-state index contributed by atoms with van der Waals surface area (Å²) in [6.07, 6.45) is 1.87. The third kappa shape index (κ3) is 5.24. The number of methoxy groups -OCH3 is 1. The fourth-order valence-electron chi connectivity index (χ4n) is 3.88. The first kappa shape index (κ1) is 21.3. The molecule has 0 unspecified atom stereocenters. The zero-order valence-corrected chi connectivity index (χ0v) is 17.8. The van der Waals surface area contributed by atoms with Gasteiger partial charge in [0.2, 0.25) is 0 Å². The van der Waals surface area contributed by atoms with Crippen molar-refractivity contribution in [1.29, 1.82) is 16.1 Å². The third-order valence-corrected chi connectivity index (χ3v) is 5.72. The van der Waals surface area contributed by atoms with Gasteiger partial charge in [0.25, 0.3) is 0 Å². The second kappa shape index (κ2) is 7.91. The maximum Gasteiger partial charge on any atom is 0.162 e. The molecule has 27 heavy (non-hydrogen) atoms. The van der Waals surface area contributed by atoms with Crippen molar-refractivity contribution in [2.24, 2.45) is 0 Å². The van der Waals surface area contributed by atoms with Crippen molar-refractivity contribution in [2.45, 2.75) is 57.7 Å². The predicted molar refractivity (Wildman–Crippen MR) is 112 cm³/mol. The fraction of sp³-hybridized carbons (Fsp3) is 0.550. The molecule has 0 radical (unpaired) electrons. The minimum atomic E-state index is -0.00449. The molecule has 0 aromatic heterocycles. The first-order valence-electron chi connectivity index (χ1n) is 8.93. The van der Waals surface area contributed by atoms with E-state index in [0.717, 1.165) is 24.6 Å². The zero-order valence-electron chi connectivity index (χ0n) is 16.9. The first-order chi connectivity index (χ1) is 12.5. The molecule has 1 aromatic carbocycles. The number of rotatable bonds is 3. The van der Waals surface area contributed by atoms with Crippen LogP contribution in [-0.4, -0.2) is 46.4 Å². The highest BCUT2D eigenvalue weighted by molar-refractivity contribution is 8.26. The van der Waals surface area contributed by atoms with Crippen molar-refractivity contribution in [3.8, 4) is 11.8 Å². The molecule has 0 saturated carbocycles. The lowest BCUT2D eigenvalue weighted by molar-refractivity contribution is 0.114. The molecule has 1 aromatic rings. The third-order valence-electron chi connectivity index (χ3n) is 4.81. The van der Waals surface area contributed by atoms with Crippen molar-refractivity contribution >= 4 is 22.0 Å². The van der Waals surface area contributed by atoms with Crippen LogP contribution in [0.2, 0.25) is 0 Å². The van der Waals surface area contributed by atoms with Gasteiger partial charge in [-0.1, -0.05) is 0 Å². The van der Waals surface area contributed by atoms with Gasteiger partial charge in [-0.3, -0.25) is 10.8 Å². The van der Waals surface area contributed by atoms with Crippen LogP contribution in [-0.2, 0) is 0 Å². The van der Waals surface area contributed by atoms with E-state index in [1.54, 1.807) is 18.2 Å². The van der Waals surface area contributed by atoms with E-state index in [1.165, 1.54) is 7.11 Å². The normalized spacial score (nSPS) is 18.4. The number of piperidine rings is 1. The maximum atomic E-state index is 9.02. The Bertz CT molecular complexity index is 765. The topological polar surface area (TPSA) is 96.0 Å². The van der Waals surface area contributed by atoms with E-state index in [9.17, 15) is 0 Å². The number of amidine groups is 1. The van der Waals surface area contributed by atoms with Crippen molar-refractivity contribution in [3.05, 3.63) is 29.3 Å². The lowest BCUT2D eigenvalue weighted by Gasteiger charge is -2.49. The Morgan fingerprint density at radius 2 is 1.85 bits per heavy atom. The molecule has 0 bridgehead atoms. The molecule has 0 aliphatic carbocycles. The average Bonchev–Trinajstić information content (AvgIpc) is 2.57. The summed E-state index contributed by atoms with van der Waals surface area (Å²) in [6.45, 7) is 8.76. The van der Waals surface area contributed by atoms with Crippen LogP contribution in [0, 0.1) is 22.1 Å². The highest BCUT2D eigenvalue weighted by atomic mass is 32.2. The van der Waals surface area contributed by atoms with E-state index in [4.69, 9.17) is 20.8 Å². The second-order valence-corrected chi connectivity index (χ2v) is 9.33. The quantitative estimate of drug-likeness (QED) is 0.541. The Hall–Kier alpha value is -2.04. The van der Waals surface area contributed by atoms with Crippen LogP contribution in [0.15, 0.2) is 18.2 Å². The molecule has 1 heterocycles. The van der Waals surface area contributed by atoms with E-state index >= 15 is 0 Å². The summed E-state index contributed by atoms with van der Waals surface area (Å²) in [6, 6.07) is 7.29. The van der Waals surface area contributed by atoms with Crippen molar-refractivity contribution < 1.29 is 4.74 Å². The first-order valence-corrected chi connectivity index (χ1v) is 9.75. The van der Waals surface area contributed by atoms with Gasteiger partial charge in [0.15, 0.2) is 5.17 Å². The van der Waals surface area contributed by atoms with Crippen molar-refractivity contribution in [2.75, 3.05) is 14.2 Å². The Kier molecular flexibility index (Phi) is 6.23. The Morgan fingerprint density at radius 1 is 1.26 bits per heavy atom. The van der Waals surface area contributed by atoms with E-state index in [-0.39, 0.29) is 22.2 Å². The number of hydrogen-bond acceptors (Lipinski definition) is 6. The summed E-state index contributed by atoms with van der Waals surface area (Å²) in [5, 5.41) is 30.2. The van der Waals surface area contributed by atoms with Gasteiger partial charge in [-0.25, -0.2) is 0 Å². The van der Waals surface area contributed by atoms with Gasteiger partial charge >= 0.3 is 0 Å². The summed E-state index contributed by atoms with van der Waals surface area (Å²) < 4.78 is 5.32. The van der Waals surface area contributed by atoms with Crippen LogP contribution in [0.1, 0.15) is 51.7 Å². The Labute approximate surface area is 166 Å². The van der Waals surface area contributed by atoms with Gasteiger partial charge in [-0.15, -0.1) is 0 Å². The van der Waals surface area contributed by atoms with Crippen LogP contribution in [0.25, 0.3) is 0 Å². The molecule has 0 amide bonds. The van der Waals surface area contributed by atoms with Gasteiger partial charge in [0.05, 0.1) is 18.7 Å². The van der Waals surface area contributed by atoms with E-state index in [1.807, 2.05) is 11.9 Å². The number of nitrogens with one attached hydrogen (secondary N) is 3. The lowest BCUT2D eigenvalue weighted by atomic mass is 9.79. The summed E-state index contributed by atoms with van der Waals surface area (Å²) in [7, 11) is 3.45. The zero-order chi connectivity index (χ0) is 20.4. The Morgan fingerprint density at radius 3 is 2.37 bits per heavy atom. The Balaban J connectivity index is 2.12. The number of thioether (sulfide) groups is 1. The molecule has 1 aliphatic heterocycles. The van der Waals surface area contributed by atoms with Gasteiger partial charge in [-0.2, -0.15) is 5.26 Å². The number of hydrogen-bond donors (Lipinski definition) is 3. The summed E-state index contributed by atoms with van der Waals surface area (Å²) in [4.78, 5) is 1.97. The summed E-state index contributed by atoms with van der Waals surface area (Å²) in [5.74, 6) is 0.478. The maximum absolute atomic E-state index is 9.02. The minimum absolute atomic E-state index is 0.00449. The summed E-state index contributed by atoms with van der Waals surface area (Å²) >= 11 is 1.11. The standard InChI is InChI=1S/C20H29N5OS/c1-19(2)10-14(11-20(3,4)24-19)25(5)18(23)27-17(22)15-8-7-13(12-21)9-16(15)26-6/h7-9,14,22-24H,10-11H2,1-6H3. The largest absolute Gasteiger partial charge is 0.496 e. The molecule has 146 valence electrons. The molecule has 1 aliphatic rings.